The van der Waals surface area contributed by atoms with Crippen LogP contribution in [0, 0.1) is 11.6 Å². The molecule has 6 rings (SSSR count). The highest BCUT2D eigenvalue weighted by molar-refractivity contribution is 6.06. The number of fused-ring (bicyclic) bond motifs is 1. The third-order valence-corrected chi connectivity index (χ3v) is 8.56. The molecule has 4 aromatic rings. The summed E-state index contributed by atoms with van der Waals surface area (Å²) in [7, 11) is 6.31. The first-order chi connectivity index (χ1) is 25.1. The molecule has 13 nitrogen and oxygen atoms in total. The largest absolute Gasteiger partial charge is 0.493 e. The molecule has 0 unspecified atom stereocenters. The van der Waals surface area contributed by atoms with Crippen molar-refractivity contribution < 1.29 is 32.6 Å². The highest BCUT2D eigenvalue weighted by Gasteiger charge is 2.38. The van der Waals surface area contributed by atoms with Gasteiger partial charge in [0.1, 0.15) is 17.3 Å². The normalized spacial score (nSPS) is 14.6. The van der Waals surface area contributed by atoms with Crippen LogP contribution in [0.5, 0.6) is 11.5 Å². The predicted molar refractivity (Wildman–Crippen MR) is 193 cm³/mol. The number of halogens is 2. The molecule has 0 saturated carbocycles. The average molecular weight is 715 g/mol. The van der Waals surface area contributed by atoms with E-state index in [-0.39, 0.29) is 48.6 Å². The number of hydrogen-bond donors (Lipinski definition) is 1. The fourth-order valence-electron chi connectivity index (χ4n) is 5.96. The molecule has 0 bridgehead atoms. The minimum Gasteiger partial charge on any atom is -0.493 e. The Bertz CT molecular complexity index is 1930. The van der Waals surface area contributed by atoms with Gasteiger partial charge in [-0.1, -0.05) is 30.3 Å². The first-order valence-electron chi connectivity index (χ1n) is 16.7. The molecule has 0 spiro atoms. The summed E-state index contributed by atoms with van der Waals surface area (Å²) >= 11 is 0. The number of benzene rings is 2. The molecule has 0 radical (unpaired) electrons. The van der Waals surface area contributed by atoms with Crippen LogP contribution in [-0.4, -0.2) is 92.8 Å². The van der Waals surface area contributed by atoms with Gasteiger partial charge in [-0.05, 0) is 43.4 Å². The van der Waals surface area contributed by atoms with Crippen molar-refractivity contribution >= 4 is 40.8 Å². The van der Waals surface area contributed by atoms with Crippen LogP contribution in [0.1, 0.15) is 16.7 Å². The van der Waals surface area contributed by atoms with Gasteiger partial charge < -0.3 is 29.3 Å². The van der Waals surface area contributed by atoms with E-state index < -0.39 is 23.4 Å². The van der Waals surface area contributed by atoms with Crippen molar-refractivity contribution in [1.29, 1.82) is 0 Å². The van der Waals surface area contributed by atoms with Crippen molar-refractivity contribution in [2.45, 2.75) is 19.5 Å². The van der Waals surface area contributed by atoms with E-state index in [4.69, 9.17) is 19.2 Å². The summed E-state index contributed by atoms with van der Waals surface area (Å²) in [5, 5.41) is 3.10. The predicted octanol–water partition coefficient (Wildman–Crippen LogP) is 5.12. The zero-order valence-electron chi connectivity index (χ0n) is 29.4. The summed E-state index contributed by atoms with van der Waals surface area (Å²) in [5.41, 5.74) is 2.16. The van der Waals surface area contributed by atoms with Gasteiger partial charge in [-0.25, -0.2) is 23.5 Å². The number of rotatable bonds is 13. The Balaban J connectivity index is 1.33. The van der Waals surface area contributed by atoms with Gasteiger partial charge in [-0.2, -0.15) is 4.98 Å². The molecule has 2 aromatic carbocycles. The van der Waals surface area contributed by atoms with Gasteiger partial charge in [-0.15, -0.1) is 0 Å². The van der Waals surface area contributed by atoms with Crippen molar-refractivity contribution in [2.24, 2.45) is 0 Å². The lowest BCUT2D eigenvalue weighted by Crippen LogP contribution is -2.48. The number of anilines is 5. The number of hydrogen-bond acceptors (Lipinski definition) is 11. The second kappa shape index (κ2) is 16.1. The zero-order chi connectivity index (χ0) is 36.8. The van der Waals surface area contributed by atoms with Crippen LogP contribution in [0.15, 0.2) is 67.0 Å². The molecule has 1 N–H and O–H groups in total. The highest BCUT2D eigenvalue weighted by Crippen LogP contribution is 2.41. The number of ketones is 1. The number of carbonyl (C=O) groups is 2. The molecule has 2 aliphatic rings. The Labute approximate surface area is 300 Å². The van der Waals surface area contributed by atoms with Crippen LogP contribution in [0.25, 0.3) is 0 Å². The molecule has 0 atom stereocenters. The monoisotopic (exact) mass is 714 g/mol. The lowest BCUT2D eigenvalue weighted by atomic mass is 10.0. The Morgan fingerprint density at radius 3 is 2.40 bits per heavy atom. The number of methoxy groups -OCH3 is 2. The number of likely N-dealkylation sites (N-methyl/N-ethyl adjacent to an activating group) is 1. The standard InChI is InChI=1S/C37H40F2N8O5/c1-44(2)12-6-9-28(48)18-24-7-5-8-25(17-24)22-47-35-26(23-46(37(47)49)34-32(38)29(50-3)19-30(51-4)33(34)39)20-41-36(43-35)42-31-11-10-27(21-40-31)45-13-15-52-16-14-45/h5-11,17,19-21H,12-16,18,22-23H2,1-4H3,(H,40,41,42,43)/b9-6+. The van der Waals surface area contributed by atoms with Gasteiger partial charge in [0, 0.05) is 43.9 Å². The van der Waals surface area contributed by atoms with Gasteiger partial charge in [0.15, 0.2) is 28.9 Å². The lowest BCUT2D eigenvalue weighted by Gasteiger charge is -2.36. The van der Waals surface area contributed by atoms with Crippen LogP contribution in [-0.2, 0) is 29.0 Å². The van der Waals surface area contributed by atoms with E-state index in [1.54, 1.807) is 30.5 Å². The van der Waals surface area contributed by atoms with E-state index in [9.17, 15) is 9.59 Å². The van der Waals surface area contributed by atoms with Crippen molar-refractivity contribution in [1.82, 2.24) is 19.9 Å². The Morgan fingerprint density at radius 1 is 1.00 bits per heavy atom. The molecule has 2 aromatic heterocycles. The number of urea groups is 1. The minimum absolute atomic E-state index is 0.0336. The van der Waals surface area contributed by atoms with E-state index >= 15 is 8.78 Å². The Morgan fingerprint density at radius 2 is 1.73 bits per heavy atom. The summed E-state index contributed by atoms with van der Waals surface area (Å²) in [5.74, 6) is -1.89. The van der Waals surface area contributed by atoms with Crippen LogP contribution in [0.4, 0.5) is 42.5 Å². The van der Waals surface area contributed by atoms with Crippen LogP contribution >= 0.6 is 0 Å². The van der Waals surface area contributed by atoms with E-state index in [0.29, 0.717) is 36.7 Å². The molecular formula is C37H40F2N8O5. The first kappa shape index (κ1) is 36.1. The van der Waals surface area contributed by atoms with Gasteiger partial charge >= 0.3 is 6.03 Å². The number of aromatic nitrogens is 3. The number of nitrogens with one attached hydrogen (secondary N) is 1. The maximum atomic E-state index is 15.8. The topological polar surface area (TPSA) is 125 Å². The summed E-state index contributed by atoms with van der Waals surface area (Å²) < 4.78 is 47.3. The minimum atomic E-state index is -1.06. The number of pyridine rings is 1. The second-order valence-corrected chi connectivity index (χ2v) is 12.5. The molecule has 2 aliphatic heterocycles. The number of morpholine rings is 1. The smallest absolute Gasteiger partial charge is 0.330 e. The maximum Gasteiger partial charge on any atom is 0.330 e. The van der Waals surface area contributed by atoms with Crippen molar-refractivity contribution in [3.8, 4) is 11.5 Å². The van der Waals surface area contributed by atoms with Crippen molar-refractivity contribution in [3.05, 3.63) is 95.3 Å². The van der Waals surface area contributed by atoms with Crippen molar-refractivity contribution in [3.63, 3.8) is 0 Å². The molecule has 0 aliphatic carbocycles. The first-order valence-corrected chi connectivity index (χ1v) is 16.7. The average Bonchev–Trinajstić information content (AvgIpc) is 3.14. The quantitative estimate of drug-likeness (QED) is 0.186. The number of nitrogens with zero attached hydrogens (tertiary/aromatic N) is 7. The molecule has 15 heteroatoms. The summed E-state index contributed by atoms with van der Waals surface area (Å²) in [6.07, 6.45) is 6.76. The third-order valence-electron chi connectivity index (χ3n) is 8.56. The molecule has 272 valence electrons. The second-order valence-electron chi connectivity index (χ2n) is 12.5. The molecule has 1 fully saturated rings. The van der Waals surface area contributed by atoms with Crippen molar-refractivity contribution in [2.75, 3.05) is 81.2 Å². The summed E-state index contributed by atoms with van der Waals surface area (Å²) in [4.78, 5) is 47.1. The summed E-state index contributed by atoms with van der Waals surface area (Å²) in [6.45, 7) is 3.20. The molecular weight excluding hydrogens is 674 g/mol. The van der Waals surface area contributed by atoms with E-state index in [1.165, 1.54) is 25.3 Å². The molecule has 4 heterocycles. The summed E-state index contributed by atoms with van der Waals surface area (Å²) in [6, 6.07) is 11.3. The molecule has 1 saturated heterocycles. The van der Waals surface area contributed by atoms with E-state index in [0.717, 1.165) is 35.3 Å². The molecule has 2 amide bonds. The van der Waals surface area contributed by atoms with Gasteiger partial charge in [0.05, 0.1) is 52.4 Å². The Kier molecular flexibility index (Phi) is 11.2. The number of allylic oxidation sites excluding steroid dienone is 1. The van der Waals surface area contributed by atoms with Crippen LogP contribution in [0.3, 0.4) is 0 Å². The highest BCUT2D eigenvalue weighted by atomic mass is 19.1. The van der Waals surface area contributed by atoms with E-state index in [2.05, 4.69) is 20.2 Å². The van der Waals surface area contributed by atoms with Gasteiger partial charge in [0.2, 0.25) is 5.95 Å². The van der Waals surface area contributed by atoms with Crippen LogP contribution < -0.4 is 29.5 Å². The number of amides is 2. The zero-order valence-corrected chi connectivity index (χ0v) is 29.4. The number of ether oxygens (including phenoxy) is 3. The van der Waals surface area contributed by atoms with Crippen LogP contribution in [0.2, 0.25) is 0 Å². The third kappa shape index (κ3) is 8.11. The fraction of sp³-hybridized carbons (Fsp3) is 0.324. The maximum absolute atomic E-state index is 15.8. The SMILES string of the molecule is COc1cc(OC)c(F)c(N2Cc3cnc(Nc4ccc(N5CCOCC5)cn4)nc3N(Cc3cccc(CC(=O)/C=C/CN(C)C)c3)C2=O)c1F. The van der Waals surface area contributed by atoms with E-state index in [1.807, 2.05) is 43.3 Å². The van der Waals surface area contributed by atoms with Gasteiger partial charge in [0.25, 0.3) is 0 Å². The van der Waals surface area contributed by atoms with Gasteiger partial charge in [-0.3, -0.25) is 14.6 Å². The Hall–Kier alpha value is -5.67. The fourth-order valence-corrected chi connectivity index (χ4v) is 5.96. The number of carbonyl (C=O) groups excluding carboxylic acids is 2. The lowest BCUT2D eigenvalue weighted by molar-refractivity contribution is -0.114. The molecule has 52 heavy (non-hydrogen) atoms.